The van der Waals surface area contributed by atoms with Gasteiger partial charge < -0.3 is 10.6 Å². The molecular weight excluding hydrogens is 440 g/mol. The van der Waals surface area contributed by atoms with Crippen LogP contribution in [0.1, 0.15) is 18.1 Å². The molecule has 0 unspecified atom stereocenters. The molecule has 2 aromatic carbocycles. The molecule has 33 heavy (non-hydrogen) atoms. The zero-order chi connectivity index (χ0) is 23.7. The predicted molar refractivity (Wildman–Crippen MR) is 131 cm³/mol. The fourth-order valence-corrected chi connectivity index (χ4v) is 4.56. The first kappa shape index (κ1) is 22.2. The highest BCUT2D eigenvalue weighted by Gasteiger charge is 2.18. The van der Waals surface area contributed by atoms with Gasteiger partial charge in [0.25, 0.3) is 5.56 Å². The van der Waals surface area contributed by atoms with Gasteiger partial charge in [0, 0.05) is 18.3 Å². The second-order valence-electron chi connectivity index (χ2n) is 7.80. The molecule has 2 amide bonds. The van der Waals surface area contributed by atoms with E-state index >= 15 is 0 Å². The van der Waals surface area contributed by atoms with Crippen molar-refractivity contribution in [3.8, 4) is 5.69 Å². The van der Waals surface area contributed by atoms with Gasteiger partial charge in [0.1, 0.15) is 11.2 Å². The van der Waals surface area contributed by atoms with Crippen LogP contribution < -0.4 is 21.9 Å². The van der Waals surface area contributed by atoms with Crippen LogP contribution >= 0.6 is 11.3 Å². The first-order valence-corrected chi connectivity index (χ1v) is 11.1. The van der Waals surface area contributed by atoms with Crippen molar-refractivity contribution in [1.29, 1.82) is 0 Å². The Labute approximate surface area is 193 Å². The standard InChI is InChI=1S/C24H22N4O4S/c1-14-10-15(2)12-19(11-14)28-23(31)22-20(8-9-33-22)27(24(28)32)13-21(30)26-18-6-4-17(5-7-18)25-16(3)29/h4-12H,13H2,1-3H3,(H,25,29)(H,26,30). The lowest BCUT2D eigenvalue weighted by atomic mass is 10.1. The monoisotopic (exact) mass is 462 g/mol. The van der Waals surface area contributed by atoms with E-state index in [2.05, 4.69) is 10.6 Å². The Balaban J connectivity index is 1.70. The Kier molecular flexibility index (Phi) is 5.97. The Bertz CT molecular complexity index is 1480. The molecule has 0 saturated carbocycles. The van der Waals surface area contributed by atoms with Crippen LogP contribution in [-0.4, -0.2) is 20.9 Å². The van der Waals surface area contributed by atoms with Gasteiger partial charge >= 0.3 is 5.69 Å². The van der Waals surface area contributed by atoms with E-state index in [4.69, 9.17) is 0 Å². The third-order valence-electron chi connectivity index (χ3n) is 5.01. The van der Waals surface area contributed by atoms with Crippen molar-refractivity contribution in [2.75, 3.05) is 10.6 Å². The van der Waals surface area contributed by atoms with E-state index in [0.717, 1.165) is 15.7 Å². The summed E-state index contributed by atoms with van der Waals surface area (Å²) in [5, 5.41) is 7.14. The fourth-order valence-electron chi connectivity index (χ4n) is 3.73. The van der Waals surface area contributed by atoms with Crippen LogP contribution in [0.15, 0.2) is 63.5 Å². The Hall–Kier alpha value is -3.98. The number of hydrogen-bond acceptors (Lipinski definition) is 5. The topological polar surface area (TPSA) is 102 Å². The molecule has 0 saturated heterocycles. The van der Waals surface area contributed by atoms with Crippen molar-refractivity contribution in [2.45, 2.75) is 27.3 Å². The van der Waals surface area contributed by atoms with Gasteiger partial charge in [-0.25, -0.2) is 9.36 Å². The number of carbonyl (C=O) groups excluding carboxylic acids is 2. The number of benzene rings is 2. The van der Waals surface area contributed by atoms with Crippen LogP contribution in [0.25, 0.3) is 15.9 Å². The minimum atomic E-state index is -0.577. The number of nitrogens with zero attached hydrogens (tertiary/aromatic N) is 2. The van der Waals surface area contributed by atoms with Gasteiger partial charge in [-0.05, 0) is 72.8 Å². The van der Waals surface area contributed by atoms with Crippen LogP contribution in [0, 0.1) is 13.8 Å². The average Bonchev–Trinajstić information content (AvgIpc) is 3.22. The zero-order valence-corrected chi connectivity index (χ0v) is 19.2. The summed E-state index contributed by atoms with van der Waals surface area (Å²) in [4.78, 5) is 50.4. The molecule has 9 heteroatoms. The minimum absolute atomic E-state index is 0.190. The van der Waals surface area contributed by atoms with Crippen LogP contribution in [0.4, 0.5) is 11.4 Å². The van der Waals surface area contributed by atoms with E-state index < -0.39 is 17.2 Å². The summed E-state index contributed by atoms with van der Waals surface area (Å²) in [7, 11) is 0. The normalized spacial score (nSPS) is 10.9. The largest absolute Gasteiger partial charge is 0.336 e. The van der Waals surface area contributed by atoms with E-state index in [1.54, 1.807) is 47.8 Å². The lowest BCUT2D eigenvalue weighted by Gasteiger charge is -2.13. The maximum atomic E-state index is 13.4. The minimum Gasteiger partial charge on any atom is -0.326 e. The molecule has 0 atom stereocenters. The number of rotatable bonds is 5. The first-order chi connectivity index (χ1) is 15.7. The van der Waals surface area contributed by atoms with Gasteiger partial charge in [0.2, 0.25) is 11.8 Å². The van der Waals surface area contributed by atoms with Crippen molar-refractivity contribution in [1.82, 2.24) is 9.13 Å². The number of thiophene rings is 1. The number of aromatic nitrogens is 2. The van der Waals surface area contributed by atoms with Crippen molar-refractivity contribution in [2.24, 2.45) is 0 Å². The maximum absolute atomic E-state index is 13.4. The van der Waals surface area contributed by atoms with Gasteiger partial charge in [0.05, 0.1) is 11.2 Å². The molecule has 0 bridgehead atoms. The molecule has 0 aliphatic carbocycles. The third kappa shape index (κ3) is 4.63. The Morgan fingerprint density at radius 3 is 2.12 bits per heavy atom. The fraction of sp³-hybridized carbons (Fsp3) is 0.167. The number of nitrogens with one attached hydrogen (secondary N) is 2. The van der Waals surface area contributed by atoms with Gasteiger partial charge in [0.15, 0.2) is 0 Å². The summed E-state index contributed by atoms with van der Waals surface area (Å²) in [6.45, 7) is 4.95. The molecule has 0 fully saturated rings. The van der Waals surface area contributed by atoms with Crippen molar-refractivity contribution in [3.05, 3.63) is 85.9 Å². The van der Waals surface area contributed by atoms with Gasteiger partial charge in [-0.1, -0.05) is 6.07 Å². The van der Waals surface area contributed by atoms with E-state index in [0.29, 0.717) is 27.3 Å². The summed E-state index contributed by atoms with van der Waals surface area (Å²) < 4.78 is 2.83. The molecule has 4 aromatic rings. The SMILES string of the molecule is CC(=O)Nc1ccc(NC(=O)Cn2c(=O)n(-c3cc(C)cc(C)c3)c(=O)c3sccc32)cc1. The molecule has 168 valence electrons. The van der Waals surface area contributed by atoms with Gasteiger partial charge in [-0.15, -0.1) is 11.3 Å². The molecular formula is C24H22N4O4S. The Morgan fingerprint density at radius 1 is 0.909 bits per heavy atom. The van der Waals surface area contributed by atoms with E-state index in [1.165, 1.54) is 22.8 Å². The van der Waals surface area contributed by atoms with Crippen molar-refractivity contribution >= 4 is 44.7 Å². The van der Waals surface area contributed by atoms with E-state index in [1.807, 2.05) is 19.9 Å². The predicted octanol–water partition coefficient (Wildman–Crippen LogP) is 3.43. The highest BCUT2D eigenvalue weighted by Crippen LogP contribution is 2.18. The van der Waals surface area contributed by atoms with Crippen LogP contribution in [0.3, 0.4) is 0 Å². The smallest absolute Gasteiger partial charge is 0.326 e. The first-order valence-electron chi connectivity index (χ1n) is 10.2. The molecule has 0 radical (unpaired) electrons. The summed E-state index contributed by atoms with van der Waals surface area (Å²) >= 11 is 1.23. The van der Waals surface area contributed by atoms with Crippen molar-refractivity contribution in [3.63, 3.8) is 0 Å². The summed E-state index contributed by atoms with van der Waals surface area (Å²) in [6, 6.07) is 13.8. The van der Waals surface area contributed by atoms with Crippen LogP contribution in [0.2, 0.25) is 0 Å². The molecule has 2 heterocycles. The maximum Gasteiger partial charge on any atom is 0.336 e. The lowest BCUT2D eigenvalue weighted by Crippen LogP contribution is -2.40. The van der Waals surface area contributed by atoms with Crippen molar-refractivity contribution < 1.29 is 9.59 Å². The second kappa shape index (κ2) is 8.87. The second-order valence-corrected chi connectivity index (χ2v) is 8.71. The zero-order valence-electron chi connectivity index (χ0n) is 18.3. The summed E-state index contributed by atoms with van der Waals surface area (Å²) in [5.41, 5.74) is 2.90. The number of fused-ring (bicyclic) bond motifs is 1. The molecule has 2 N–H and O–H groups in total. The molecule has 0 aliphatic heterocycles. The number of hydrogen-bond donors (Lipinski definition) is 2. The molecule has 0 spiro atoms. The Morgan fingerprint density at radius 2 is 1.52 bits per heavy atom. The highest BCUT2D eigenvalue weighted by atomic mass is 32.1. The number of amides is 2. The quantitative estimate of drug-likeness (QED) is 0.474. The molecule has 0 aliphatic rings. The summed E-state index contributed by atoms with van der Waals surface area (Å²) in [5.74, 6) is -0.604. The average molecular weight is 463 g/mol. The van der Waals surface area contributed by atoms with Gasteiger partial charge in [-0.3, -0.25) is 19.0 Å². The molecule has 2 aromatic heterocycles. The van der Waals surface area contributed by atoms with Gasteiger partial charge in [-0.2, -0.15) is 0 Å². The number of anilines is 2. The third-order valence-corrected chi connectivity index (χ3v) is 5.90. The molecule has 4 rings (SSSR count). The summed E-state index contributed by atoms with van der Waals surface area (Å²) in [6.07, 6.45) is 0. The molecule has 8 nitrogen and oxygen atoms in total. The van der Waals surface area contributed by atoms with E-state index in [9.17, 15) is 19.2 Å². The van der Waals surface area contributed by atoms with Crippen LogP contribution in [0.5, 0.6) is 0 Å². The number of carbonyl (C=O) groups is 2. The van der Waals surface area contributed by atoms with Crippen LogP contribution in [-0.2, 0) is 16.1 Å². The van der Waals surface area contributed by atoms with E-state index in [-0.39, 0.29) is 12.5 Å². The highest BCUT2D eigenvalue weighted by molar-refractivity contribution is 7.17. The number of aryl methyl sites for hydroxylation is 2. The lowest BCUT2D eigenvalue weighted by molar-refractivity contribution is -0.117.